The molecule has 0 spiro atoms. The summed E-state index contributed by atoms with van der Waals surface area (Å²) in [4.78, 5) is 24.4. The second-order valence-corrected chi connectivity index (χ2v) is 6.57. The normalized spacial score (nSPS) is 14.3. The maximum Gasteiger partial charge on any atom is 0.409 e. The van der Waals surface area contributed by atoms with Gasteiger partial charge in [0.2, 0.25) is 5.95 Å². The number of aromatic nitrogens is 2. The van der Waals surface area contributed by atoms with Gasteiger partial charge in [-0.05, 0) is 31.2 Å². The molecule has 0 saturated carbocycles. The van der Waals surface area contributed by atoms with Crippen molar-refractivity contribution in [2.75, 3.05) is 43.0 Å². The fourth-order valence-corrected chi connectivity index (χ4v) is 3.17. The highest BCUT2D eigenvalue weighted by Crippen LogP contribution is 2.25. The monoisotopic (exact) mass is 395 g/mol. The third-order valence-corrected chi connectivity index (χ3v) is 4.30. The summed E-state index contributed by atoms with van der Waals surface area (Å²) in [7, 11) is 0. The molecule has 1 amide bonds. The fraction of sp³-hybridized carbons (Fsp3) is 0.353. The molecule has 3 rings (SSSR count). The zero-order valence-electron chi connectivity index (χ0n) is 14.3. The maximum absolute atomic E-state index is 11.8. The van der Waals surface area contributed by atoms with Gasteiger partial charge in [-0.15, -0.1) is 0 Å². The summed E-state index contributed by atoms with van der Waals surface area (Å²) in [6.07, 6.45) is 1.41. The number of halogens is 2. The number of nitrogens with zero attached hydrogens (tertiary/aromatic N) is 4. The lowest BCUT2D eigenvalue weighted by molar-refractivity contribution is 0.105. The first-order chi connectivity index (χ1) is 12.5. The number of piperazine rings is 1. The van der Waals surface area contributed by atoms with Gasteiger partial charge in [-0.25, -0.2) is 9.78 Å². The van der Waals surface area contributed by atoms with Crippen LogP contribution < -0.4 is 10.2 Å². The second kappa shape index (κ2) is 8.42. The van der Waals surface area contributed by atoms with E-state index in [-0.39, 0.29) is 6.09 Å². The molecule has 1 N–H and O–H groups in total. The summed E-state index contributed by atoms with van der Waals surface area (Å²) in [6, 6.07) is 6.98. The molecule has 1 aromatic carbocycles. The van der Waals surface area contributed by atoms with Crippen LogP contribution in [0, 0.1) is 0 Å². The van der Waals surface area contributed by atoms with Crippen LogP contribution in [-0.2, 0) is 4.74 Å². The lowest BCUT2D eigenvalue weighted by atomic mass is 10.3. The molecule has 26 heavy (non-hydrogen) atoms. The number of carbonyl (C=O) groups is 1. The van der Waals surface area contributed by atoms with Gasteiger partial charge < -0.3 is 19.9 Å². The smallest absolute Gasteiger partial charge is 0.409 e. The Morgan fingerprint density at radius 1 is 1.19 bits per heavy atom. The minimum atomic E-state index is -0.277. The van der Waals surface area contributed by atoms with E-state index in [9.17, 15) is 4.79 Å². The summed E-state index contributed by atoms with van der Waals surface area (Å²) in [5, 5.41) is 4.27. The quantitative estimate of drug-likeness (QED) is 0.848. The van der Waals surface area contributed by atoms with Gasteiger partial charge >= 0.3 is 6.09 Å². The Bertz CT molecular complexity index is 761. The predicted octanol–water partition coefficient (Wildman–Crippen LogP) is 3.81. The second-order valence-electron chi connectivity index (χ2n) is 5.70. The Hall–Kier alpha value is -2.25. The van der Waals surface area contributed by atoms with Gasteiger partial charge in [-0.2, -0.15) is 4.98 Å². The Morgan fingerprint density at radius 2 is 1.88 bits per heavy atom. The van der Waals surface area contributed by atoms with Crippen LogP contribution in [0.15, 0.2) is 30.5 Å². The van der Waals surface area contributed by atoms with Gasteiger partial charge in [0.25, 0.3) is 0 Å². The molecule has 0 radical (unpaired) electrons. The largest absolute Gasteiger partial charge is 0.450 e. The van der Waals surface area contributed by atoms with Crippen molar-refractivity contribution < 1.29 is 9.53 Å². The van der Waals surface area contributed by atoms with E-state index in [0.717, 1.165) is 5.69 Å². The molecule has 0 bridgehead atoms. The average Bonchev–Trinajstić information content (AvgIpc) is 2.61. The van der Waals surface area contributed by atoms with Gasteiger partial charge in [0.1, 0.15) is 5.82 Å². The van der Waals surface area contributed by atoms with Crippen molar-refractivity contribution in [1.29, 1.82) is 0 Å². The highest BCUT2D eigenvalue weighted by molar-refractivity contribution is 6.35. The first-order valence-electron chi connectivity index (χ1n) is 8.28. The Balaban J connectivity index is 1.65. The molecule has 1 aromatic heterocycles. The van der Waals surface area contributed by atoms with E-state index in [0.29, 0.717) is 54.6 Å². The van der Waals surface area contributed by atoms with Crippen molar-refractivity contribution in [3.63, 3.8) is 0 Å². The molecule has 0 unspecified atom stereocenters. The van der Waals surface area contributed by atoms with Gasteiger partial charge in [0.15, 0.2) is 0 Å². The first-order valence-corrected chi connectivity index (χ1v) is 9.03. The first kappa shape index (κ1) is 18.5. The highest BCUT2D eigenvalue weighted by atomic mass is 35.5. The minimum absolute atomic E-state index is 0.277. The van der Waals surface area contributed by atoms with Crippen LogP contribution in [0.2, 0.25) is 10.0 Å². The van der Waals surface area contributed by atoms with E-state index >= 15 is 0 Å². The molecule has 2 heterocycles. The molecule has 1 aliphatic rings. The van der Waals surface area contributed by atoms with E-state index in [1.165, 1.54) is 0 Å². The molecule has 7 nitrogen and oxygen atoms in total. The van der Waals surface area contributed by atoms with Crippen molar-refractivity contribution in [2.45, 2.75) is 6.92 Å². The van der Waals surface area contributed by atoms with Crippen molar-refractivity contribution in [2.24, 2.45) is 0 Å². The van der Waals surface area contributed by atoms with Gasteiger partial charge in [-0.3, -0.25) is 0 Å². The van der Waals surface area contributed by atoms with Crippen LogP contribution in [0.25, 0.3) is 0 Å². The Labute approximate surface area is 161 Å². The fourth-order valence-electron chi connectivity index (χ4n) is 2.65. The van der Waals surface area contributed by atoms with E-state index in [1.807, 2.05) is 4.90 Å². The maximum atomic E-state index is 11.8. The molecule has 0 atom stereocenters. The third kappa shape index (κ3) is 4.68. The van der Waals surface area contributed by atoms with Crippen molar-refractivity contribution in [1.82, 2.24) is 14.9 Å². The molecule has 2 aromatic rings. The number of nitrogens with one attached hydrogen (secondary N) is 1. The number of benzene rings is 1. The summed E-state index contributed by atoms with van der Waals surface area (Å²) < 4.78 is 5.03. The van der Waals surface area contributed by atoms with Crippen molar-refractivity contribution in [3.05, 3.63) is 40.5 Å². The minimum Gasteiger partial charge on any atom is -0.450 e. The number of rotatable bonds is 4. The molecule has 1 saturated heterocycles. The number of hydrogen-bond acceptors (Lipinski definition) is 6. The van der Waals surface area contributed by atoms with Crippen molar-refractivity contribution in [3.8, 4) is 0 Å². The SMILES string of the molecule is CCOC(=O)N1CCN(c2nccc(Nc3cc(Cl)cc(Cl)c3)n2)CC1. The molecule has 1 aliphatic heterocycles. The van der Waals surface area contributed by atoms with Crippen LogP contribution >= 0.6 is 23.2 Å². The van der Waals surface area contributed by atoms with Gasteiger partial charge in [0.05, 0.1) is 6.61 Å². The average molecular weight is 396 g/mol. The van der Waals surface area contributed by atoms with E-state index < -0.39 is 0 Å². The highest BCUT2D eigenvalue weighted by Gasteiger charge is 2.23. The number of amides is 1. The number of carbonyl (C=O) groups excluding carboxylic acids is 1. The molecular formula is C17H19Cl2N5O2. The molecule has 1 fully saturated rings. The molecular weight excluding hydrogens is 377 g/mol. The predicted molar refractivity (Wildman–Crippen MR) is 103 cm³/mol. The molecule has 9 heteroatoms. The summed E-state index contributed by atoms with van der Waals surface area (Å²) in [6.45, 7) is 4.61. The zero-order chi connectivity index (χ0) is 18.5. The number of hydrogen-bond donors (Lipinski definition) is 1. The van der Waals surface area contributed by atoms with E-state index in [4.69, 9.17) is 27.9 Å². The van der Waals surface area contributed by atoms with Crippen LogP contribution in [0.1, 0.15) is 6.92 Å². The lowest BCUT2D eigenvalue weighted by Crippen LogP contribution is -2.49. The summed E-state index contributed by atoms with van der Waals surface area (Å²) >= 11 is 12.0. The topological polar surface area (TPSA) is 70.6 Å². The Kier molecular flexibility index (Phi) is 6.00. The third-order valence-electron chi connectivity index (χ3n) is 3.87. The number of anilines is 3. The molecule has 0 aliphatic carbocycles. The van der Waals surface area contributed by atoms with Gasteiger partial charge in [0, 0.05) is 48.1 Å². The van der Waals surface area contributed by atoms with E-state index in [2.05, 4.69) is 15.3 Å². The van der Waals surface area contributed by atoms with Crippen LogP contribution in [0.5, 0.6) is 0 Å². The molecule has 138 valence electrons. The number of ether oxygens (including phenoxy) is 1. The summed E-state index contributed by atoms with van der Waals surface area (Å²) in [5.74, 6) is 1.24. The standard InChI is InChI=1S/C17H19Cl2N5O2/c1-2-26-17(25)24-7-5-23(6-8-24)16-20-4-3-15(22-16)21-14-10-12(18)9-13(19)11-14/h3-4,9-11H,2,5-8H2,1H3,(H,20,21,22). The Morgan fingerprint density at radius 3 is 2.54 bits per heavy atom. The zero-order valence-corrected chi connectivity index (χ0v) is 15.8. The van der Waals surface area contributed by atoms with Crippen LogP contribution in [0.3, 0.4) is 0 Å². The van der Waals surface area contributed by atoms with Gasteiger partial charge in [-0.1, -0.05) is 23.2 Å². The van der Waals surface area contributed by atoms with Crippen LogP contribution in [0.4, 0.5) is 22.2 Å². The van der Waals surface area contributed by atoms with Crippen LogP contribution in [-0.4, -0.2) is 53.7 Å². The van der Waals surface area contributed by atoms with Crippen molar-refractivity contribution >= 4 is 46.7 Å². The lowest BCUT2D eigenvalue weighted by Gasteiger charge is -2.34. The summed E-state index contributed by atoms with van der Waals surface area (Å²) in [5.41, 5.74) is 0.749. The van der Waals surface area contributed by atoms with E-state index in [1.54, 1.807) is 42.3 Å².